The first-order valence-corrected chi connectivity index (χ1v) is 17.8. The molecule has 2 aliphatic rings. The summed E-state index contributed by atoms with van der Waals surface area (Å²) in [7, 11) is 0. The Balaban J connectivity index is 1.27. The second kappa shape index (κ2) is 11.1. The zero-order chi connectivity index (χ0) is 34.2. The predicted molar refractivity (Wildman–Crippen MR) is 210 cm³/mol. The lowest BCUT2D eigenvalue weighted by atomic mass is 9.59. The molecule has 1 spiro atoms. The van der Waals surface area contributed by atoms with Crippen molar-refractivity contribution in [2.75, 3.05) is 0 Å². The predicted octanol–water partition coefficient (Wildman–Crippen LogP) is 12.7. The molecule has 0 bridgehead atoms. The van der Waals surface area contributed by atoms with Crippen molar-refractivity contribution < 1.29 is 9.47 Å². The summed E-state index contributed by atoms with van der Waals surface area (Å²) in [5.41, 5.74) is 11.7. The van der Waals surface area contributed by atoms with Crippen LogP contribution in [0.1, 0.15) is 22.3 Å². The fourth-order valence-corrected chi connectivity index (χ4v) is 8.88. The second-order valence-corrected chi connectivity index (χ2v) is 13.6. The van der Waals surface area contributed by atoms with E-state index in [0.29, 0.717) is 0 Å². The molecular weight excluding hydrogens is 635 g/mol. The van der Waals surface area contributed by atoms with Gasteiger partial charge in [-0.3, -0.25) is 0 Å². The quantitative estimate of drug-likeness (QED) is 0.187. The lowest BCUT2D eigenvalue weighted by molar-refractivity contribution is 0.400. The molecule has 11 rings (SSSR count). The number of fused-ring (bicyclic) bond motifs is 11. The minimum absolute atomic E-state index is 0.760. The highest BCUT2D eigenvalue weighted by molar-refractivity contribution is 6.10. The number of hydrogen-bond acceptors (Lipinski definition) is 2. The summed E-state index contributed by atoms with van der Waals surface area (Å²) in [5, 5.41) is 2.43. The van der Waals surface area contributed by atoms with Crippen LogP contribution in [0, 0.1) is 0 Å². The Hall–Kier alpha value is -6.84. The molecule has 3 heterocycles. The molecule has 1 unspecified atom stereocenters. The first-order chi connectivity index (χ1) is 25.8. The van der Waals surface area contributed by atoms with Gasteiger partial charge in [-0.25, -0.2) is 0 Å². The molecule has 3 heteroatoms. The monoisotopic (exact) mass is 665 g/mol. The van der Waals surface area contributed by atoms with Gasteiger partial charge in [-0.05, 0) is 76.9 Å². The van der Waals surface area contributed by atoms with Crippen LogP contribution >= 0.6 is 0 Å². The van der Waals surface area contributed by atoms with Crippen molar-refractivity contribution in [2.24, 2.45) is 0 Å². The first-order valence-electron chi connectivity index (χ1n) is 17.8. The third kappa shape index (κ3) is 3.96. The summed E-state index contributed by atoms with van der Waals surface area (Å²) in [6.45, 7) is 0. The maximum absolute atomic E-state index is 6.92. The van der Waals surface area contributed by atoms with Gasteiger partial charge < -0.3 is 14.0 Å². The van der Waals surface area contributed by atoms with Crippen LogP contribution in [0.4, 0.5) is 0 Å². The fourth-order valence-electron chi connectivity index (χ4n) is 8.88. The molecule has 0 aliphatic carbocycles. The average molecular weight is 666 g/mol. The molecule has 0 saturated heterocycles. The van der Waals surface area contributed by atoms with E-state index in [1.165, 1.54) is 21.8 Å². The molecule has 244 valence electrons. The summed E-state index contributed by atoms with van der Waals surface area (Å²) in [6.07, 6.45) is 0. The second-order valence-electron chi connectivity index (χ2n) is 13.6. The molecular formula is C49H31NO2. The maximum atomic E-state index is 6.92. The van der Waals surface area contributed by atoms with E-state index in [0.717, 1.165) is 73.2 Å². The number of para-hydroxylation sites is 4. The van der Waals surface area contributed by atoms with Crippen LogP contribution in [0.25, 0.3) is 49.7 Å². The van der Waals surface area contributed by atoms with E-state index in [1.807, 2.05) is 0 Å². The molecule has 0 amide bonds. The molecule has 2 aliphatic heterocycles. The number of aromatic nitrogens is 1. The summed E-state index contributed by atoms with van der Waals surface area (Å²) >= 11 is 0. The van der Waals surface area contributed by atoms with E-state index in [-0.39, 0.29) is 0 Å². The van der Waals surface area contributed by atoms with Crippen LogP contribution in [0.5, 0.6) is 23.0 Å². The van der Waals surface area contributed by atoms with Gasteiger partial charge in [0.15, 0.2) is 0 Å². The third-order valence-electron chi connectivity index (χ3n) is 10.9. The Morgan fingerprint density at radius 1 is 0.365 bits per heavy atom. The van der Waals surface area contributed by atoms with Gasteiger partial charge in [0.2, 0.25) is 0 Å². The molecule has 0 fully saturated rings. The molecule has 3 nitrogen and oxygen atoms in total. The fraction of sp³-hybridized carbons (Fsp3) is 0.0204. The van der Waals surface area contributed by atoms with Gasteiger partial charge in [0, 0.05) is 38.7 Å². The van der Waals surface area contributed by atoms with Crippen molar-refractivity contribution in [2.45, 2.75) is 5.41 Å². The molecule has 9 aromatic rings. The molecule has 8 aromatic carbocycles. The number of ether oxygens (including phenoxy) is 2. The van der Waals surface area contributed by atoms with E-state index in [4.69, 9.17) is 9.47 Å². The minimum Gasteiger partial charge on any atom is -0.457 e. The van der Waals surface area contributed by atoms with Gasteiger partial charge in [0.1, 0.15) is 23.0 Å². The molecule has 1 aromatic heterocycles. The Bertz CT molecular complexity index is 2810. The van der Waals surface area contributed by atoms with Gasteiger partial charge in [0.25, 0.3) is 0 Å². The normalized spacial score (nSPS) is 15.3. The van der Waals surface area contributed by atoms with Crippen molar-refractivity contribution >= 4 is 21.8 Å². The van der Waals surface area contributed by atoms with E-state index in [2.05, 4.69) is 193 Å². The molecule has 0 radical (unpaired) electrons. The number of hydrogen-bond donors (Lipinski definition) is 0. The highest BCUT2D eigenvalue weighted by atomic mass is 16.5. The summed E-state index contributed by atoms with van der Waals surface area (Å²) in [6, 6.07) is 67.0. The van der Waals surface area contributed by atoms with Crippen LogP contribution in [-0.2, 0) is 5.41 Å². The van der Waals surface area contributed by atoms with Crippen molar-refractivity contribution in [1.29, 1.82) is 0 Å². The Morgan fingerprint density at radius 2 is 0.885 bits per heavy atom. The SMILES string of the molecule is c1ccc(-c2cccc3c2C2(c4ccccc4O3)c3ccccc3Oc3cccc(-c4ccc5c(c4)c4ccccc4n5-c4ccccc4)c32)cc1. The zero-order valence-corrected chi connectivity index (χ0v) is 28.2. The largest absolute Gasteiger partial charge is 0.457 e. The average Bonchev–Trinajstić information content (AvgIpc) is 3.54. The highest BCUT2D eigenvalue weighted by Gasteiger charge is 2.52. The van der Waals surface area contributed by atoms with Crippen LogP contribution in [0.15, 0.2) is 188 Å². The summed E-state index contributed by atoms with van der Waals surface area (Å²) in [4.78, 5) is 0. The van der Waals surface area contributed by atoms with Crippen LogP contribution in [0.3, 0.4) is 0 Å². The van der Waals surface area contributed by atoms with Gasteiger partial charge >= 0.3 is 0 Å². The maximum Gasteiger partial charge on any atom is 0.132 e. The van der Waals surface area contributed by atoms with E-state index in [9.17, 15) is 0 Å². The molecule has 52 heavy (non-hydrogen) atoms. The molecule has 1 atom stereocenters. The number of rotatable bonds is 3. The van der Waals surface area contributed by atoms with Crippen molar-refractivity contribution in [3.8, 4) is 50.9 Å². The first kappa shape index (κ1) is 28.9. The van der Waals surface area contributed by atoms with Gasteiger partial charge in [0.05, 0.1) is 16.4 Å². The van der Waals surface area contributed by atoms with Crippen molar-refractivity contribution in [1.82, 2.24) is 4.57 Å². The van der Waals surface area contributed by atoms with Gasteiger partial charge in [-0.15, -0.1) is 0 Å². The summed E-state index contributed by atoms with van der Waals surface area (Å²) < 4.78 is 16.1. The smallest absolute Gasteiger partial charge is 0.132 e. The Kier molecular flexibility index (Phi) is 6.17. The Morgan fingerprint density at radius 3 is 1.56 bits per heavy atom. The van der Waals surface area contributed by atoms with E-state index >= 15 is 0 Å². The highest BCUT2D eigenvalue weighted by Crippen LogP contribution is 2.64. The lowest BCUT2D eigenvalue weighted by Crippen LogP contribution is -2.38. The zero-order valence-electron chi connectivity index (χ0n) is 28.2. The van der Waals surface area contributed by atoms with Crippen LogP contribution in [-0.4, -0.2) is 4.57 Å². The van der Waals surface area contributed by atoms with Crippen LogP contribution in [0.2, 0.25) is 0 Å². The van der Waals surface area contributed by atoms with Gasteiger partial charge in [-0.1, -0.05) is 133 Å². The summed E-state index contributed by atoms with van der Waals surface area (Å²) in [5.74, 6) is 3.38. The molecule has 0 N–H and O–H groups in total. The number of benzene rings is 8. The van der Waals surface area contributed by atoms with E-state index in [1.54, 1.807) is 0 Å². The number of nitrogens with zero attached hydrogens (tertiary/aromatic N) is 1. The van der Waals surface area contributed by atoms with Crippen molar-refractivity contribution in [3.63, 3.8) is 0 Å². The topological polar surface area (TPSA) is 23.4 Å². The van der Waals surface area contributed by atoms with Crippen LogP contribution < -0.4 is 9.47 Å². The van der Waals surface area contributed by atoms with Gasteiger partial charge in [-0.2, -0.15) is 0 Å². The Labute approximate surface area is 301 Å². The lowest BCUT2D eigenvalue weighted by Gasteiger charge is -2.46. The third-order valence-corrected chi connectivity index (χ3v) is 10.9. The standard InChI is InChI=1S/C49H31NO2/c1-3-15-32(16-4-1)35-20-13-27-45-47(35)49(39-22-8-11-25-43(39)51-45)40-23-9-12-26-44(40)52-46-28-14-21-36(48(46)49)33-29-30-42-38(31-33)37-19-7-10-24-41(37)50(42)34-17-5-2-6-18-34/h1-31H. The molecule has 0 saturated carbocycles. The minimum atomic E-state index is -0.760. The van der Waals surface area contributed by atoms with E-state index < -0.39 is 5.41 Å². The van der Waals surface area contributed by atoms with Crippen molar-refractivity contribution in [3.05, 3.63) is 210 Å².